The molecule has 20 heavy (non-hydrogen) atoms. The third-order valence-corrected chi connectivity index (χ3v) is 5.42. The van der Waals surface area contributed by atoms with Crippen molar-refractivity contribution in [2.45, 2.75) is 30.8 Å². The van der Waals surface area contributed by atoms with Crippen molar-refractivity contribution in [3.63, 3.8) is 0 Å². The fourth-order valence-electron chi connectivity index (χ4n) is 2.41. The molecule has 0 bridgehead atoms. The molecular formula is C13H17F2NO3S. The van der Waals surface area contributed by atoms with E-state index in [0.29, 0.717) is 19.0 Å². The van der Waals surface area contributed by atoms with Crippen LogP contribution in [0.1, 0.15) is 19.8 Å². The summed E-state index contributed by atoms with van der Waals surface area (Å²) >= 11 is 0. The van der Waals surface area contributed by atoms with Crippen molar-refractivity contribution in [2.24, 2.45) is 5.92 Å². The number of aliphatic hydroxyl groups excluding tert-OH is 1. The molecule has 0 unspecified atom stereocenters. The third-order valence-electron chi connectivity index (χ3n) is 3.58. The number of nitrogens with zero attached hydrogens (tertiary/aromatic N) is 1. The van der Waals surface area contributed by atoms with E-state index in [0.717, 1.165) is 18.6 Å². The van der Waals surface area contributed by atoms with Gasteiger partial charge in [-0.2, -0.15) is 4.31 Å². The molecule has 0 aromatic heterocycles. The topological polar surface area (TPSA) is 57.6 Å². The number of halogens is 2. The van der Waals surface area contributed by atoms with Crippen molar-refractivity contribution in [1.29, 1.82) is 0 Å². The fraction of sp³-hybridized carbons (Fsp3) is 0.538. The second kappa shape index (κ2) is 5.75. The molecule has 1 heterocycles. The van der Waals surface area contributed by atoms with E-state index in [-0.39, 0.29) is 17.4 Å². The van der Waals surface area contributed by atoms with Crippen LogP contribution in [0.15, 0.2) is 23.1 Å². The first-order valence-corrected chi connectivity index (χ1v) is 7.89. The van der Waals surface area contributed by atoms with E-state index >= 15 is 0 Å². The highest BCUT2D eigenvalue weighted by atomic mass is 32.2. The fourth-order valence-corrected chi connectivity index (χ4v) is 3.99. The molecule has 1 N–H and O–H groups in total. The van der Waals surface area contributed by atoms with Gasteiger partial charge in [0.2, 0.25) is 10.0 Å². The molecule has 2 atom stereocenters. The Bertz CT molecular complexity index is 569. The number of hydrogen-bond donors (Lipinski definition) is 1. The molecule has 1 aromatic rings. The molecule has 2 rings (SSSR count). The normalized spacial score (nSPS) is 22.7. The summed E-state index contributed by atoms with van der Waals surface area (Å²) in [5.41, 5.74) is 0. The van der Waals surface area contributed by atoms with E-state index in [1.165, 1.54) is 4.31 Å². The molecular weight excluding hydrogens is 288 g/mol. The van der Waals surface area contributed by atoms with Crippen LogP contribution in [0.5, 0.6) is 0 Å². The highest BCUT2D eigenvalue weighted by Crippen LogP contribution is 2.26. The van der Waals surface area contributed by atoms with Gasteiger partial charge in [-0.05, 0) is 37.8 Å². The number of piperidine rings is 1. The first-order chi connectivity index (χ1) is 9.30. The number of rotatable bonds is 3. The molecule has 0 radical (unpaired) electrons. The Balaban J connectivity index is 2.30. The van der Waals surface area contributed by atoms with Gasteiger partial charge in [-0.15, -0.1) is 0 Å². The molecule has 112 valence electrons. The van der Waals surface area contributed by atoms with Crippen molar-refractivity contribution >= 4 is 10.0 Å². The molecule has 1 fully saturated rings. The van der Waals surface area contributed by atoms with E-state index in [1.54, 1.807) is 6.92 Å². The van der Waals surface area contributed by atoms with Crippen LogP contribution in [0.25, 0.3) is 0 Å². The van der Waals surface area contributed by atoms with E-state index in [9.17, 15) is 22.3 Å². The van der Waals surface area contributed by atoms with Gasteiger partial charge in [0, 0.05) is 19.2 Å². The summed E-state index contributed by atoms with van der Waals surface area (Å²) in [6.45, 7) is 2.07. The Morgan fingerprint density at radius 2 is 1.90 bits per heavy atom. The SMILES string of the molecule is C[C@@H](O)[C@@H]1CCCN(S(=O)(=O)c2cc(F)cc(F)c2)C1. The molecule has 1 saturated heterocycles. The molecule has 0 saturated carbocycles. The van der Waals surface area contributed by atoms with Crippen molar-refractivity contribution in [2.75, 3.05) is 13.1 Å². The predicted octanol–water partition coefficient (Wildman–Crippen LogP) is 1.75. The summed E-state index contributed by atoms with van der Waals surface area (Å²) in [6.07, 6.45) is 0.741. The van der Waals surface area contributed by atoms with Crippen LogP contribution >= 0.6 is 0 Å². The van der Waals surface area contributed by atoms with Gasteiger partial charge in [0.15, 0.2) is 0 Å². The van der Waals surface area contributed by atoms with Gasteiger partial charge < -0.3 is 5.11 Å². The Hall–Kier alpha value is -1.05. The predicted molar refractivity (Wildman–Crippen MR) is 69.5 cm³/mol. The van der Waals surface area contributed by atoms with Crippen LogP contribution < -0.4 is 0 Å². The number of hydrogen-bond acceptors (Lipinski definition) is 3. The second-order valence-electron chi connectivity index (χ2n) is 5.11. The van der Waals surface area contributed by atoms with Crippen LogP contribution in [0.2, 0.25) is 0 Å². The van der Waals surface area contributed by atoms with Crippen molar-refractivity contribution in [1.82, 2.24) is 4.31 Å². The first kappa shape index (κ1) is 15.3. The highest BCUT2D eigenvalue weighted by molar-refractivity contribution is 7.89. The molecule has 0 spiro atoms. The third kappa shape index (κ3) is 3.16. The lowest BCUT2D eigenvalue weighted by Crippen LogP contribution is -2.42. The molecule has 1 aliphatic rings. The summed E-state index contributed by atoms with van der Waals surface area (Å²) in [6, 6.07) is 2.25. The van der Waals surface area contributed by atoms with Crippen LogP contribution in [-0.4, -0.2) is 37.0 Å². The molecule has 0 amide bonds. The van der Waals surface area contributed by atoms with E-state index in [2.05, 4.69) is 0 Å². The van der Waals surface area contributed by atoms with Gasteiger partial charge in [0.1, 0.15) is 11.6 Å². The van der Waals surface area contributed by atoms with Gasteiger partial charge in [0.25, 0.3) is 0 Å². The Kier molecular flexibility index (Phi) is 4.41. The maximum absolute atomic E-state index is 13.2. The van der Waals surface area contributed by atoms with Gasteiger partial charge >= 0.3 is 0 Å². The number of aliphatic hydroxyl groups is 1. The Labute approximate surface area is 117 Å². The summed E-state index contributed by atoms with van der Waals surface area (Å²) in [7, 11) is -3.93. The molecule has 1 aliphatic heterocycles. The highest BCUT2D eigenvalue weighted by Gasteiger charge is 2.32. The van der Waals surface area contributed by atoms with E-state index in [1.807, 2.05) is 0 Å². The first-order valence-electron chi connectivity index (χ1n) is 6.45. The quantitative estimate of drug-likeness (QED) is 0.925. The molecule has 0 aliphatic carbocycles. The van der Waals surface area contributed by atoms with Crippen LogP contribution in [-0.2, 0) is 10.0 Å². The van der Waals surface area contributed by atoms with Gasteiger partial charge in [-0.1, -0.05) is 0 Å². The van der Waals surface area contributed by atoms with Crippen molar-refractivity contribution in [3.05, 3.63) is 29.8 Å². The second-order valence-corrected chi connectivity index (χ2v) is 7.05. The monoisotopic (exact) mass is 305 g/mol. The summed E-state index contributed by atoms with van der Waals surface area (Å²) in [5, 5.41) is 9.58. The summed E-state index contributed by atoms with van der Waals surface area (Å²) in [4.78, 5) is -0.388. The zero-order valence-electron chi connectivity index (χ0n) is 11.1. The Morgan fingerprint density at radius 3 is 2.45 bits per heavy atom. The van der Waals surface area contributed by atoms with Crippen molar-refractivity contribution in [3.8, 4) is 0 Å². The van der Waals surface area contributed by atoms with Crippen LogP contribution in [0.4, 0.5) is 8.78 Å². The maximum Gasteiger partial charge on any atom is 0.243 e. The molecule has 7 heteroatoms. The van der Waals surface area contributed by atoms with Gasteiger partial charge in [-0.25, -0.2) is 17.2 Å². The largest absolute Gasteiger partial charge is 0.393 e. The molecule has 4 nitrogen and oxygen atoms in total. The minimum atomic E-state index is -3.93. The standard InChI is InChI=1S/C13H17F2NO3S/c1-9(17)10-3-2-4-16(8-10)20(18,19)13-6-11(14)5-12(15)7-13/h5-7,9-10,17H,2-4,8H2,1H3/t9-,10-/m1/s1. The minimum Gasteiger partial charge on any atom is -0.393 e. The lowest BCUT2D eigenvalue weighted by Gasteiger charge is -2.33. The maximum atomic E-state index is 13.2. The Morgan fingerprint density at radius 1 is 1.30 bits per heavy atom. The van der Waals surface area contributed by atoms with E-state index in [4.69, 9.17) is 0 Å². The lowest BCUT2D eigenvalue weighted by atomic mass is 9.95. The minimum absolute atomic E-state index is 0.156. The average Bonchev–Trinajstić information content (AvgIpc) is 2.37. The van der Waals surface area contributed by atoms with Crippen molar-refractivity contribution < 1.29 is 22.3 Å². The summed E-state index contributed by atoms with van der Waals surface area (Å²) < 4.78 is 52.3. The van der Waals surface area contributed by atoms with Gasteiger partial charge in [0.05, 0.1) is 11.0 Å². The lowest BCUT2D eigenvalue weighted by molar-refractivity contribution is 0.0885. The molecule has 1 aromatic carbocycles. The summed E-state index contributed by atoms with van der Waals surface area (Å²) in [5.74, 6) is -2.00. The van der Waals surface area contributed by atoms with Crippen LogP contribution in [0.3, 0.4) is 0 Å². The smallest absolute Gasteiger partial charge is 0.243 e. The van der Waals surface area contributed by atoms with Gasteiger partial charge in [-0.3, -0.25) is 0 Å². The zero-order chi connectivity index (χ0) is 14.9. The average molecular weight is 305 g/mol. The number of sulfonamides is 1. The van der Waals surface area contributed by atoms with E-state index < -0.39 is 27.8 Å². The van der Waals surface area contributed by atoms with Crippen LogP contribution in [0, 0.1) is 17.6 Å². The zero-order valence-corrected chi connectivity index (χ0v) is 11.9. The number of benzene rings is 1.